The van der Waals surface area contributed by atoms with Crippen LogP contribution in [0.25, 0.3) is 0 Å². The number of carbonyl (C=O) groups excluding carboxylic acids is 1. The Hall–Kier alpha value is -1.94. The zero-order valence-electron chi connectivity index (χ0n) is 11.7. The van der Waals surface area contributed by atoms with Gasteiger partial charge in [0, 0.05) is 22.7 Å². The van der Waals surface area contributed by atoms with Crippen molar-refractivity contribution >= 4 is 28.1 Å². The van der Waals surface area contributed by atoms with Crippen LogP contribution in [0.1, 0.15) is 11.1 Å². The summed E-state index contributed by atoms with van der Waals surface area (Å²) in [5, 5.41) is 0. The summed E-state index contributed by atoms with van der Waals surface area (Å²) >= 11 is 3.46. The molecular formula is C17H16BrNO2. The van der Waals surface area contributed by atoms with Crippen molar-refractivity contribution in [3.05, 3.63) is 70.2 Å². The van der Waals surface area contributed by atoms with Crippen molar-refractivity contribution in [3.8, 4) is 0 Å². The number of esters is 1. The summed E-state index contributed by atoms with van der Waals surface area (Å²) in [6, 6.07) is 17.0. The van der Waals surface area contributed by atoms with Crippen molar-refractivity contribution < 1.29 is 9.53 Å². The molecule has 0 aliphatic heterocycles. The van der Waals surface area contributed by atoms with E-state index < -0.39 is 6.04 Å². The first-order valence-electron chi connectivity index (χ1n) is 6.60. The van der Waals surface area contributed by atoms with Gasteiger partial charge in [-0.1, -0.05) is 64.5 Å². The molecule has 0 unspecified atom stereocenters. The fourth-order valence-electron chi connectivity index (χ4n) is 1.92. The van der Waals surface area contributed by atoms with Gasteiger partial charge in [0.05, 0.1) is 7.11 Å². The van der Waals surface area contributed by atoms with Crippen LogP contribution < -0.4 is 0 Å². The average Bonchev–Trinajstić information content (AvgIpc) is 2.53. The zero-order valence-corrected chi connectivity index (χ0v) is 13.3. The Kier molecular flexibility index (Phi) is 5.69. The van der Waals surface area contributed by atoms with Gasteiger partial charge in [-0.2, -0.15) is 0 Å². The number of methoxy groups -OCH3 is 1. The number of aliphatic imine (C=N–C) groups is 1. The van der Waals surface area contributed by atoms with Gasteiger partial charge in [0.2, 0.25) is 0 Å². The minimum Gasteiger partial charge on any atom is -0.467 e. The molecular weight excluding hydrogens is 330 g/mol. The van der Waals surface area contributed by atoms with E-state index in [9.17, 15) is 4.79 Å². The lowest BCUT2D eigenvalue weighted by atomic mass is 10.1. The number of benzene rings is 2. The van der Waals surface area contributed by atoms with Gasteiger partial charge in [0.25, 0.3) is 0 Å². The Bertz CT molecular complexity index is 626. The molecule has 0 N–H and O–H groups in total. The van der Waals surface area contributed by atoms with Crippen LogP contribution in [0.4, 0.5) is 0 Å². The number of hydrogen-bond donors (Lipinski definition) is 0. The van der Waals surface area contributed by atoms with Gasteiger partial charge < -0.3 is 4.74 Å². The normalized spacial score (nSPS) is 12.3. The Morgan fingerprint density at radius 3 is 2.52 bits per heavy atom. The largest absolute Gasteiger partial charge is 0.467 e. The third-order valence-electron chi connectivity index (χ3n) is 3.04. The number of hydrogen-bond acceptors (Lipinski definition) is 3. The molecule has 3 nitrogen and oxygen atoms in total. The van der Waals surface area contributed by atoms with Crippen LogP contribution in [-0.4, -0.2) is 25.3 Å². The van der Waals surface area contributed by atoms with Gasteiger partial charge in [-0.05, 0) is 11.6 Å². The van der Waals surface area contributed by atoms with Gasteiger partial charge in [0.15, 0.2) is 6.04 Å². The van der Waals surface area contributed by atoms with E-state index in [0.29, 0.717) is 6.42 Å². The lowest BCUT2D eigenvalue weighted by Gasteiger charge is -2.10. The molecule has 0 heterocycles. The Morgan fingerprint density at radius 1 is 1.19 bits per heavy atom. The van der Waals surface area contributed by atoms with E-state index in [0.717, 1.165) is 15.6 Å². The molecule has 0 fully saturated rings. The van der Waals surface area contributed by atoms with Crippen LogP contribution in [0.2, 0.25) is 0 Å². The maximum Gasteiger partial charge on any atom is 0.330 e. The molecule has 0 aliphatic rings. The monoisotopic (exact) mass is 345 g/mol. The van der Waals surface area contributed by atoms with Crippen LogP contribution in [-0.2, 0) is 16.0 Å². The van der Waals surface area contributed by atoms with Crippen LogP contribution in [0, 0.1) is 0 Å². The Balaban J connectivity index is 2.17. The summed E-state index contributed by atoms with van der Waals surface area (Å²) in [6.45, 7) is 0. The van der Waals surface area contributed by atoms with Crippen molar-refractivity contribution in [3.63, 3.8) is 0 Å². The number of carbonyl (C=O) groups is 1. The smallest absolute Gasteiger partial charge is 0.330 e. The van der Waals surface area contributed by atoms with Crippen LogP contribution in [0.5, 0.6) is 0 Å². The van der Waals surface area contributed by atoms with Crippen molar-refractivity contribution in [2.45, 2.75) is 12.5 Å². The lowest BCUT2D eigenvalue weighted by molar-refractivity contribution is -0.142. The standard InChI is InChI=1S/C17H16BrNO2/c1-21-17(20)16(11-13-7-3-2-4-8-13)19-12-14-9-5-6-10-15(14)18/h2-10,12,16H,11H2,1H3/t16-/m0/s1. The maximum absolute atomic E-state index is 11.9. The van der Waals surface area contributed by atoms with E-state index in [-0.39, 0.29) is 5.97 Å². The summed E-state index contributed by atoms with van der Waals surface area (Å²) in [4.78, 5) is 16.3. The molecule has 108 valence electrons. The van der Waals surface area contributed by atoms with Crippen LogP contribution in [0.15, 0.2) is 64.1 Å². The predicted molar refractivity (Wildman–Crippen MR) is 87.7 cm³/mol. The van der Waals surface area contributed by atoms with E-state index in [4.69, 9.17) is 4.74 Å². The van der Waals surface area contributed by atoms with Crippen molar-refractivity contribution in [2.24, 2.45) is 4.99 Å². The first-order valence-corrected chi connectivity index (χ1v) is 7.39. The highest BCUT2D eigenvalue weighted by Gasteiger charge is 2.17. The first-order chi connectivity index (χ1) is 10.2. The highest BCUT2D eigenvalue weighted by atomic mass is 79.9. The maximum atomic E-state index is 11.9. The SMILES string of the molecule is COC(=O)[C@H](Cc1ccccc1)N=Cc1ccccc1Br. The quantitative estimate of drug-likeness (QED) is 0.612. The van der Waals surface area contributed by atoms with E-state index in [1.807, 2.05) is 54.6 Å². The van der Waals surface area contributed by atoms with E-state index in [1.165, 1.54) is 7.11 Å². The second-order valence-electron chi connectivity index (χ2n) is 4.53. The summed E-state index contributed by atoms with van der Waals surface area (Å²) < 4.78 is 5.78. The average molecular weight is 346 g/mol. The first kappa shape index (κ1) is 15.4. The molecule has 0 amide bonds. The fraction of sp³-hybridized carbons (Fsp3) is 0.176. The van der Waals surface area contributed by atoms with Gasteiger partial charge >= 0.3 is 5.97 Å². The molecule has 4 heteroatoms. The van der Waals surface area contributed by atoms with Crippen molar-refractivity contribution in [1.29, 1.82) is 0 Å². The molecule has 21 heavy (non-hydrogen) atoms. The van der Waals surface area contributed by atoms with E-state index in [2.05, 4.69) is 20.9 Å². The molecule has 1 atom stereocenters. The highest BCUT2D eigenvalue weighted by molar-refractivity contribution is 9.10. The molecule has 0 radical (unpaired) electrons. The molecule has 0 saturated heterocycles. The molecule has 0 saturated carbocycles. The lowest BCUT2D eigenvalue weighted by Crippen LogP contribution is -2.23. The molecule has 2 rings (SSSR count). The molecule has 0 aliphatic carbocycles. The number of rotatable bonds is 5. The van der Waals surface area contributed by atoms with Crippen LogP contribution in [0.3, 0.4) is 0 Å². The Morgan fingerprint density at radius 2 is 1.86 bits per heavy atom. The molecule has 0 aromatic heterocycles. The number of nitrogens with zero attached hydrogens (tertiary/aromatic N) is 1. The third-order valence-corrected chi connectivity index (χ3v) is 3.77. The zero-order chi connectivity index (χ0) is 15.1. The summed E-state index contributed by atoms with van der Waals surface area (Å²) in [6.07, 6.45) is 2.23. The van der Waals surface area contributed by atoms with Crippen molar-refractivity contribution in [1.82, 2.24) is 0 Å². The van der Waals surface area contributed by atoms with Gasteiger partial charge in [-0.25, -0.2) is 4.79 Å². The molecule has 0 spiro atoms. The summed E-state index contributed by atoms with van der Waals surface area (Å²) in [5.41, 5.74) is 1.98. The number of halogens is 1. The second-order valence-corrected chi connectivity index (χ2v) is 5.38. The Labute approximate surface area is 132 Å². The van der Waals surface area contributed by atoms with E-state index in [1.54, 1.807) is 6.21 Å². The molecule has 2 aromatic carbocycles. The second kappa shape index (κ2) is 7.74. The minimum absolute atomic E-state index is 0.331. The third kappa shape index (κ3) is 4.53. The van der Waals surface area contributed by atoms with Gasteiger partial charge in [-0.15, -0.1) is 0 Å². The summed E-state index contributed by atoms with van der Waals surface area (Å²) in [7, 11) is 1.38. The molecule has 0 bridgehead atoms. The highest BCUT2D eigenvalue weighted by Crippen LogP contribution is 2.14. The minimum atomic E-state index is -0.537. The van der Waals surface area contributed by atoms with Crippen molar-refractivity contribution in [2.75, 3.05) is 7.11 Å². The predicted octanol–water partition coefficient (Wildman–Crippen LogP) is 3.65. The topological polar surface area (TPSA) is 38.7 Å². The van der Waals surface area contributed by atoms with E-state index >= 15 is 0 Å². The fourth-order valence-corrected chi connectivity index (χ4v) is 2.31. The number of ether oxygens (including phenoxy) is 1. The van der Waals surface area contributed by atoms with Gasteiger partial charge in [-0.3, -0.25) is 4.99 Å². The molecule has 2 aromatic rings. The van der Waals surface area contributed by atoms with Crippen LogP contribution >= 0.6 is 15.9 Å². The van der Waals surface area contributed by atoms with Gasteiger partial charge in [0.1, 0.15) is 0 Å². The summed E-state index contributed by atoms with van der Waals surface area (Å²) in [5.74, 6) is -0.331.